The van der Waals surface area contributed by atoms with Crippen LogP contribution in [0.1, 0.15) is 373 Å². The van der Waals surface area contributed by atoms with Gasteiger partial charge in [0.2, 0.25) is 0 Å². The van der Waals surface area contributed by atoms with Gasteiger partial charge in [-0.05, 0) is 89.9 Å². The van der Waals surface area contributed by atoms with Crippen LogP contribution in [0.4, 0.5) is 0 Å². The molecular formula is C77H138O5. The van der Waals surface area contributed by atoms with Crippen LogP contribution < -0.4 is 0 Å². The zero-order valence-corrected chi connectivity index (χ0v) is 54.8. The minimum atomic E-state index is -0.774. The summed E-state index contributed by atoms with van der Waals surface area (Å²) in [5.41, 5.74) is 0. The fourth-order valence-electron chi connectivity index (χ4n) is 10.8. The molecule has 0 fully saturated rings. The van der Waals surface area contributed by atoms with E-state index >= 15 is 0 Å². The molecule has 0 aromatic rings. The average Bonchev–Trinajstić information content (AvgIpc) is 3.49. The Hall–Kier alpha value is -2.92. The molecule has 0 saturated heterocycles. The van der Waals surface area contributed by atoms with Gasteiger partial charge in [0.15, 0.2) is 6.10 Å². The van der Waals surface area contributed by atoms with Crippen molar-refractivity contribution in [3.63, 3.8) is 0 Å². The van der Waals surface area contributed by atoms with E-state index in [0.717, 1.165) is 77.0 Å². The van der Waals surface area contributed by atoms with Crippen molar-refractivity contribution >= 4 is 11.9 Å². The quantitative estimate of drug-likeness (QED) is 0.0373. The highest BCUT2D eigenvalue weighted by Gasteiger charge is 2.16. The Kier molecular flexibility index (Phi) is 69.8. The van der Waals surface area contributed by atoms with Crippen molar-refractivity contribution in [3.8, 4) is 0 Å². The molecule has 0 radical (unpaired) electrons. The number of aliphatic hydroxyl groups is 1. The minimum absolute atomic E-state index is 0.0636. The first-order valence-corrected chi connectivity index (χ1v) is 36.1. The van der Waals surface area contributed by atoms with Crippen LogP contribution in [0.3, 0.4) is 0 Å². The molecule has 0 spiro atoms. The zero-order valence-electron chi connectivity index (χ0n) is 54.8. The summed E-state index contributed by atoms with van der Waals surface area (Å²) in [6.45, 7) is 4.06. The summed E-state index contributed by atoms with van der Waals surface area (Å²) < 4.78 is 10.8. The molecule has 0 saturated carbocycles. The Morgan fingerprint density at radius 2 is 0.524 bits per heavy atom. The first kappa shape index (κ1) is 79.1. The largest absolute Gasteiger partial charge is 0.462 e. The molecule has 82 heavy (non-hydrogen) atoms. The van der Waals surface area contributed by atoms with E-state index in [4.69, 9.17) is 9.47 Å². The first-order chi connectivity index (χ1) is 40.6. The molecule has 0 amide bonds. The summed E-state index contributed by atoms with van der Waals surface area (Å²) in [6.07, 6.45) is 102. The van der Waals surface area contributed by atoms with E-state index < -0.39 is 6.10 Å². The number of allylic oxidation sites excluding steroid dienone is 14. The van der Waals surface area contributed by atoms with E-state index in [1.165, 1.54) is 270 Å². The van der Waals surface area contributed by atoms with Crippen LogP contribution in [-0.4, -0.2) is 36.4 Å². The van der Waals surface area contributed by atoms with Crippen molar-refractivity contribution in [2.45, 2.75) is 380 Å². The molecule has 1 N–H and O–H groups in total. The SMILES string of the molecule is CC/C=C\C/C=C\C/C=C\C/C=C\CCCCCCCCCCCCCCCCCCCCCCCCCCCCC(=O)OC(CO)COC(=O)CCCCCCCCCCCCCCCC/C=C\C/C=C\C/C=C\CCCCCCC. The molecule has 0 aliphatic heterocycles. The number of carbonyl (C=O) groups is 2. The third kappa shape index (κ3) is 69.6. The van der Waals surface area contributed by atoms with Gasteiger partial charge in [0, 0.05) is 12.8 Å². The molecule has 476 valence electrons. The average molecular weight is 1140 g/mol. The second-order valence-electron chi connectivity index (χ2n) is 24.3. The lowest BCUT2D eigenvalue weighted by atomic mass is 10.0. The van der Waals surface area contributed by atoms with Crippen molar-refractivity contribution in [1.29, 1.82) is 0 Å². The zero-order chi connectivity index (χ0) is 59.1. The molecule has 1 unspecified atom stereocenters. The number of rotatable bonds is 67. The number of hydrogen-bond acceptors (Lipinski definition) is 5. The first-order valence-electron chi connectivity index (χ1n) is 36.1. The third-order valence-electron chi connectivity index (χ3n) is 16.2. The van der Waals surface area contributed by atoms with Gasteiger partial charge in [0.1, 0.15) is 6.61 Å². The summed E-state index contributed by atoms with van der Waals surface area (Å²) in [7, 11) is 0. The predicted octanol–water partition coefficient (Wildman–Crippen LogP) is 25.2. The van der Waals surface area contributed by atoms with E-state index in [1.807, 2.05) is 0 Å². The van der Waals surface area contributed by atoms with Crippen molar-refractivity contribution in [2.24, 2.45) is 0 Å². The highest BCUT2D eigenvalue weighted by Crippen LogP contribution is 2.19. The lowest BCUT2D eigenvalue weighted by Gasteiger charge is -2.15. The lowest BCUT2D eigenvalue weighted by Crippen LogP contribution is -2.28. The van der Waals surface area contributed by atoms with Crippen molar-refractivity contribution in [2.75, 3.05) is 13.2 Å². The molecule has 0 rings (SSSR count). The number of hydrogen-bond donors (Lipinski definition) is 1. The van der Waals surface area contributed by atoms with Crippen molar-refractivity contribution in [1.82, 2.24) is 0 Å². The maximum atomic E-state index is 12.4. The minimum Gasteiger partial charge on any atom is -0.462 e. The molecule has 0 aliphatic carbocycles. The molecule has 0 aromatic heterocycles. The van der Waals surface area contributed by atoms with Crippen molar-refractivity contribution in [3.05, 3.63) is 85.1 Å². The second kappa shape index (κ2) is 72.3. The van der Waals surface area contributed by atoms with Gasteiger partial charge in [-0.3, -0.25) is 9.59 Å². The van der Waals surface area contributed by atoms with Gasteiger partial charge >= 0.3 is 11.9 Å². The van der Waals surface area contributed by atoms with Crippen LogP contribution in [0.15, 0.2) is 85.1 Å². The van der Waals surface area contributed by atoms with Gasteiger partial charge in [0.25, 0.3) is 0 Å². The summed E-state index contributed by atoms with van der Waals surface area (Å²) in [4.78, 5) is 24.7. The summed E-state index contributed by atoms with van der Waals surface area (Å²) in [6, 6.07) is 0. The standard InChI is InChI=1S/C77H138O5/c1-3-5-7-9-11-13-15-17-19-21-23-25-27-29-31-33-34-35-36-37-38-39-40-41-42-44-46-48-50-52-54-56-58-60-62-64-66-68-70-72-77(80)82-75(73-78)74-81-76(79)71-69-67-65-63-61-59-57-55-53-51-49-47-45-43-32-30-28-26-24-22-20-18-16-14-12-10-8-6-4-2/h5,7,11,13,16-19,22-25,28,30,75,78H,3-4,6,8-10,12,14-15,20-21,26-27,29,31-74H2,1-2H3/b7-5-,13-11-,18-16-,19-17-,24-22-,25-23-,30-28-. The maximum absolute atomic E-state index is 12.4. The van der Waals surface area contributed by atoms with Crippen molar-refractivity contribution < 1.29 is 24.2 Å². The summed E-state index contributed by atoms with van der Waals surface area (Å²) in [5, 5.41) is 9.71. The second-order valence-corrected chi connectivity index (χ2v) is 24.3. The Bertz CT molecular complexity index is 1480. The van der Waals surface area contributed by atoms with E-state index in [9.17, 15) is 14.7 Å². The van der Waals surface area contributed by atoms with Gasteiger partial charge in [-0.1, -0.05) is 356 Å². The molecule has 5 nitrogen and oxygen atoms in total. The molecular weight excluding hydrogens is 1000 g/mol. The van der Waals surface area contributed by atoms with Crippen LogP contribution in [0.5, 0.6) is 0 Å². The summed E-state index contributed by atoms with van der Waals surface area (Å²) in [5.74, 6) is -0.573. The van der Waals surface area contributed by atoms with E-state index in [2.05, 4.69) is 98.9 Å². The third-order valence-corrected chi connectivity index (χ3v) is 16.2. The molecule has 0 bridgehead atoms. The lowest BCUT2D eigenvalue weighted by molar-refractivity contribution is -0.161. The van der Waals surface area contributed by atoms with Crippen LogP contribution in [0.2, 0.25) is 0 Å². The normalized spacial score (nSPS) is 12.7. The smallest absolute Gasteiger partial charge is 0.306 e. The summed E-state index contributed by atoms with van der Waals surface area (Å²) >= 11 is 0. The molecule has 5 heteroatoms. The number of unbranched alkanes of at least 4 members (excludes halogenated alkanes) is 45. The number of ether oxygens (including phenoxy) is 2. The van der Waals surface area contributed by atoms with Crippen LogP contribution in [0, 0.1) is 0 Å². The predicted molar refractivity (Wildman–Crippen MR) is 362 cm³/mol. The molecule has 1 atom stereocenters. The molecule has 0 aliphatic rings. The highest BCUT2D eigenvalue weighted by molar-refractivity contribution is 5.70. The van der Waals surface area contributed by atoms with E-state index in [0.29, 0.717) is 12.8 Å². The Morgan fingerprint density at radius 1 is 0.293 bits per heavy atom. The van der Waals surface area contributed by atoms with Gasteiger partial charge in [0.05, 0.1) is 6.61 Å². The number of carbonyl (C=O) groups excluding carboxylic acids is 2. The fraction of sp³-hybridized carbons (Fsp3) is 0.792. The number of esters is 2. The van der Waals surface area contributed by atoms with Gasteiger partial charge < -0.3 is 14.6 Å². The number of aliphatic hydroxyl groups excluding tert-OH is 1. The monoisotopic (exact) mass is 1140 g/mol. The van der Waals surface area contributed by atoms with Gasteiger partial charge in [-0.25, -0.2) is 0 Å². The van der Waals surface area contributed by atoms with E-state index in [-0.39, 0.29) is 25.2 Å². The van der Waals surface area contributed by atoms with Crippen LogP contribution >= 0.6 is 0 Å². The Balaban J connectivity index is 3.40. The van der Waals surface area contributed by atoms with Crippen LogP contribution in [-0.2, 0) is 19.1 Å². The maximum Gasteiger partial charge on any atom is 0.306 e. The van der Waals surface area contributed by atoms with Gasteiger partial charge in [-0.15, -0.1) is 0 Å². The van der Waals surface area contributed by atoms with Gasteiger partial charge in [-0.2, -0.15) is 0 Å². The Morgan fingerprint density at radius 3 is 0.793 bits per heavy atom. The topological polar surface area (TPSA) is 72.8 Å². The van der Waals surface area contributed by atoms with E-state index in [1.54, 1.807) is 0 Å². The van der Waals surface area contributed by atoms with Crippen LogP contribution in [0.25, 0.3) is 0 Å². The fourth-order valence-corrected chi connectivity index (χ4v) is 10.8. The highest BCUT2D eigenvalue weighted by atomic mass is 16.6. The Labute approximate surface area is 511 Å². The molecule has 0 heterocycles. The molecule has 0 aromatic carbocycles.